The van der Waals surface area contributed by atoms with Crippen LogP contribution in [0.25, 0.3) is 0 Å². The van der Waals surface area contributed by atoms with E-state index >= 15 is 0 Å². The van der Waals surface area contributed by atoms with Crippen molar-refractivity contribution in [2.45, 2.75) is 41.8 Å². The van der Waals surface area contributed by atoms with E-state index in [0.717, 1.165) is 6.42 Å². The molecule has 8 nitrogen and oxygen atoms in total. The Labute approximate surface area is 209 Å². The van der Waals surface area contributed by atoms with Crippen LogP contribution in [0.3, 0.4) is 0 Å². The van der Waals surface area contributed by atoms with Crippen molar-refractivity contribution in [1.82, 2.24) is 4.90 Å². The van der Waals surface area contributed by atoms with Crippen LogP contribution in [0, 0.1) is 11.8 Å². The Balaban J connectivity index is 1.76. The van der Waals surface area contributed by atoms with Crippen molar-refractivity contribution in [1.29, 1.82) is 0 Å². The van der Waals surface area contributed by atoms with Gasteiger partial charge in [-0.05, 0) is 44.0 Å². The van der Waals surface area contributed by atoms with Crippen molar-refractivity contribution in [2.24, 2.45) is 11.8 Å². The normalized spacial score (nSPS) is 29.5. The minimum atomic E-state index is -0.823. The molecule has 3 heterocycles. The van der Waals surface area contributed by atoms with Gasteiger partial charge in [-0.3, -0.25) is 14.4 Å². The van der Waals surface area contributed by atoms with Gasteiger partial charge in [0.15, 0.2) is 0 Å². The Bertz CT molecular complexity index is 1010. The number of aliphatic hydroxyl groups is 1. The zero-order valence-corrected chi connectivity index (χ0v) is 20.9. The zero-order chi connectivity index (χ0) is 25.3. The first-order valence-electron chi connectivity index (χ1n) is 11.8. The average Bonchev–Trinajstić information content (AvgIpc) is 3.52. The van der Waals surface area contributed by atoms with E-state index in [1.807, 2.05) is 0 Å². The van der Waals surface area contributed by atoms with Crippen molar-refractivity contribution in [3.8, 4) is 5.75 Å². The van der Waals surface area contributed by atoms with Crippen LogP contribution in [0.2, 0.25) is 0 Å². The van der Waals surface area contributed by atoms with Crippen LogP contribution in [-0.4, -0.2) is 76.7 Å². The summed E-state index contributed by atoms with van der Waals surface area (Å²) in [6.45, 7) is 9.17. The molecule has 6 atom stereocenters. The Morgan fingerprint density at radius 1 is 1.31 bits per heavy atom. The molecule has 0 aromatic heterocycles. The van der Waals surface area contributed by atoms with E-state index in [0.29, 0.717) is 17.9 Å². The third-order valence-corrected chi connectivity index (χ3v) is 9.24. The third-order valence-electron chi connectivity index (χ3n) is 7.29. The van der Waals surface area contributed by atoms with Gasteiger partial charge >= 0.3 is 5.97 Å². The second kappa shape index (κ2) is 10.1. The number of benzene rings is 1. The maximum absolute atomic E-state index is 14.3. The quantitative estimate of drug-likeness (QED) is 0.389. The Hall–Kier alpha value is -2.78. The molecule has 4 rings (SSSR count). The highest BCUT2D eigenvalue weighted by Crippen LogP contribution is 2.67. The van der Waals surface area contributed by atoms with Gasteiger partial charge in [-0.15, -0.1) is 18.3 Å². The summed E-state index contributed by atoms with van der Waals surface area (Å²) in [6.07, 6.45) is 4.50. The van der Waals surface area contributed by atoms with Gasteiger partial charge in [0, 0.05) is 17.5 Å². The van der Waals surface area contributed by atoms with Crippen LogP contribution in [0.15, 0.2) is 49.6 Å². The largest absolute Gasteiger partial charge is 0.497 e. The molecule has 3 saturated heterocycles. The van der Waals surface area contributed by atoms with Crippen LogP contribution >= 0.6 is 11.8 Å². The molecule has 3 aliphatic rings. The number of rotatable bonds is 10. The standard InChI is InChI=1S/C26H32N2O6S/c1-5-13-27(17-7-9-18(33-4)10-8-17)24(31)22-26-12-11-19(35-26)20(25(32)34-14-6-2)21(26)23(30)28(22)16(3)15-29/h5-10,16,19-22,29H,1-2,11-15H2,3-4H3/t16-,19+,20-,21+,22?,26?/m1/s1. The minimum absolute atomic E-state index is 0.0737. The number of hydrogen-bond donors (Lipinski definition) is 1. The molecule has 1 aromatic rings. The second-order valence-electron chi connectivity index (χ2n) is 9.19. The molecule has 188 valence electrons. The molecule has 0 saturated carbocycles. The molecule has 1 aromatic carbocycles. The summed E-state index contributed by atoms with van der Waals surface area (Å²) < 4.78 is 9.85. The molecule has 3 fully saturated rings. The summed E-state index contributed by atoms with van der Waals surface area (Å²) in [5.41, 5.74) is 0.652. The highest BCUT2D eigenvalue weighted by atomic mass is 32.2. The number of fused-ring (bicyclic) bond motifs is 1. The second-order valence-corrected chi connectivity index (χ2v) is 10.8. The number of anilines is 1. The van der Waals surface area contributed by atoms with Crippen LogP contribution < -0.4 is 9.64 Å². The number of amides is 2. The van der Waals surface area contributed by atoms with E-state index in [2.05, 4.69) is 13.2 Å². The van der Waals surface area contributed by atoms with Gasteiger partial charge in [0.1, 0.15) is 18.4 Å². The molecule has 0 aliphatic carbocycles. The molecule has 3 aliphatic heterocycles. The molecular weight excluding hydrogens is 468 g/mol. The number of carbonyl (C=O) groups excluding carboxylic acids is 3. The van der Waals surface area contributed by atoms with Gasteiger partial charge < -0.3 is 24.4 Å². The summed E-state index contributed by atoms with van der Waals surface area (Å²) in [6, 6.07) is 5.73. The Morgan fingerprint density at radius 3 is 2.63 bits per heavy atom. The van der Waals surface area contributed by atoms with Gasteiger partial charge in [0.25, 0.3) is 5.91 Å². The number of nitrogens with zero attached hydrogens (tertiary/aromatic N) is 2. The maximum atomic E-state index is 14.3. The lowest BCUT2D eigenvalue weighted by Crippen LogP contribution is -2.57. The van der Waals surface area contributed by atoms with Crippen molar-refractivity contribution in [2.75, 3.05) is 31.8 Å². The molecule has 9 heteroatoms. The van der Waals surface area contributed by atoms with Crippen molar-refractivity contribution in [3.05, 3.63) is 49.6 Å². The first-order valence-corrected chi connectivity index (χ1v) is 12.7. The van der Waals surface area contributed by atoms with Gasteiger partial charge in [0.05, 0.1) is 36.3 Å². The lowest BCUT2D eigenvalue weighted by molar-refractivity contribution is -0.153. The first kappa shape index (κ1) is 25.3. The molecule has 2 bridgehead atoms. The number of hydrogen-bond acceptors (Lipinski definition) is 7. The predicted octanol–water partition coefficient (Wildman–Crippen LogP) is 2.42. The van der Waals surface area contributed by atoms with Crippen LogP contribution in [0.1, 0.15) is 19.8 Å². The van der Waals surface area contributed by atoms with Crippen molar-refractivity contribution < 1.29 is 29.0 Å². The number of methoxy groups -OCH3 is 1. The SMILES string of the molecule is C=CCOC(=O)[C@@H]1[C@@H]2CCC3(S2)C(C(=O)N(CC=C)c2ccc(OC)cc2)N([C@H](C)CO)C(=O)[C@H]13. The third kappa shape index (κ3) is 4.04. The monoisotopic (exact) mass is 500 g/mol. The van der Waals surface area contributed by atoms with Gasteiger partial charge in [-0.2, -0.15) is 0 Å². The fourth-order valence-electron chi connectivity index (χ4n) is 5.80. The molecule has 1 spiro atoms. The topological polar surface area (TPSA) is 96.4 Å². The smallest absolute Gasteiger partial charge is 0.311 e. The van der Waals surface area contributed by atoms with Gasteiger partial charge in [-0.1, -0.05) is 18.7 Å². The Morgan fingerprint density at radius 2 is 2.03 bits per heavy atom. The number of likely N-dealkylation sites (tertiary alicyclic amines) is 1. The highest BCUT2D eigenvalue weighted by Gasteiger charge is 2.74. The summed E-state index contributed by atoms with van der Waals surface area (Å²) in [5.74, 6) is -1.58. The van der Waals surface area contributed by atoms with Gasteiger partial charge in [-0.25, -0.2) is 0 Å². The molecule has 1 N–H and O–H groups in total. The maximum Gasteiger partial charge on any atom is 0.311 e. The molecule has 2 unspecified atom stereocenters. The van der Waals surface area contributed by atoms with Crippen LogP contribution in [0.5, 0.6) is 5.75 Å². The predicted molar refractivity (Wildman–Crippen MR) is 134 cm³/mol. The van der Waals surface area contributed by atoms with Crippen LogP contribution in [-0.2, 0) is 19.1 Å². The molecular formula is C26H32N2O6S. The van der Waals surface area contributed by atoms with E-state index in [4.69, 9.17) is 9.47 Å². The average molecular weight is 501 g/mol. The minimum Gasteiger partial charge on any atom is -0.497 e. The number of carbonyl (C=O) groups is 3. The summed E-state index contributed by atoms with van der Waals surface area (Å²) in [7, 11) is 1.57. The highest BCUT2D eigenvalue weighted by molar-refractivity contribution is 8.02. The molecule has 2 amide bonds. The van der Waals surface area contributed by atoms with Gasteiger partial charge in [0.2, 0.25) is 5.91 Å². The van der Waals surface area contributed by atoms with Crippen molar-refractivity contribution in [3.63, 3.8) is 0 Å². The Kier molecular flexibility index (Phi) is 7.28. The van der Waals surface area contributed by atoms with Crippen LogP contribution in [0.4, 0.5) is 5.69 Å². The number of ether oxygens (including phenoxy) is 2. The van der Waals surface area contributed by atoms with E-state index < -0.39 is 34.6 Å². The first-order chi connectivity index (χ1) is 16.8. The summed E-state index contributed by atoms with van der Waals surface area (Å²) in [4.78, 5) is 44.2. The number of esters is 1. The fraction of sp³-hybridized carbons (Fsp3) is 0.500. The lowest BCUT2D eigenvalue weighted by atomic mass is 9.71. The lowest BCUT2D eigenvalue weighted by Gasteiger charge is -2.38. The van der Waals surface area contributed by atoms with E-state index in [1.54, 1.807) is 61.0 Å². The molecule has 35 heavy (non-hydrogen) atoms. The molecule has 0 radical (unpaired) electrons. The number of thioether (sulfide) groups is 1. The van der Waals surface area contributed by atoms with Crippen molar-refractivity contribution >= 4 is 35.2 Å². The summed E-state index contributed by atoms with van der Waals surface area (Å²) >= 11 is 1.56. The zero-order valence-electron chi connectivity index (χ0n) is 20.1. The summed E-state index contributed by atoms with van der Waals surface area (Å²) in [5, 5.41) is 9.91. The van der Waals surface area contributed by atoms with E-state index in [9.17, 15) is 19.5 Å². The number of aliphatic hydroxyl groups excluding tert-OH is 1. The fourth-order valence-corrected chi connectivity index (χ4v) is 7.99. The van der Waals surface area contributed by atoms with E-state index in [-0.39, 0.29) is 36.8 Å². The van der Waals surface area contributed by atoms with E-state index in [1.165, 1.54) is 11.0 Å².